The van der Waals surface area contributed by atoms with Crippen molar-refractivity contribution in [3.05, 3.63) is 24.3 Å². The maximum atomic E-state index is 3.61. The van der Waals surface area contributed by atoms with Crippen LogP contribution < -0.4 is 0 Å². The van der Waals surface area contributed by atoms with E-state index in [1.165, 1.54) is 5.57 Å². The van der Waals surface area contributed by atoms with Gasteiger partial charge in [-0.05, 0) is 21.0 Å². The molecule has 0 aromatic rings. The predicted molar refractivity (Wildman–Crippen MR) is 53.9 cm³/mol. The summed E-state index contributed by atoms with van der Waals surface area (Å²) in [4.78, 5) is 2.13. The van der Waals surface area contributed by atoms with E-state index in [2.05, 4.69) is 32.5 Å². The summed E-state index contributed by atoms with van der Waals surface area (Å²) in [6.45, 7) is 10.7. The number of allylic oxidation sites excluding steroid dienone is 2. The molecular formula is C10H21N. The van der Waals surface area contributed by atoms with Gasteiger partial charge in [-0.1, -0.05) is 38.2 Å². The summed E-state index contributed by atoms with van der Waals surface area (Å²) in [6.07, 6.45) is 3.85. The molecule has 0 heterocycles. The Hall–Kier alpha value is -0.560. The molecule has 11 heavy (non-hydrogen) atoms. The fraction of sp³-hybridized carbons (Fsp3) is 0.600. The van der Waals surface area contributed by atoms with E-state index in [0.717, 1.165) is 6.54 Å². The van der Waals surface area contributed by atoms with Gasteiger partial charge < -0.3 is 4.90 Å². The minimum atomic E-state index is 1.02. The molecule has 0 aliphatic carbocycles. The Kier molecular flexibility index (Phi) is 11.2. The number of rotatable bonds is 3. The Bertz CT molecular complexity index is 112. The van der Waals surface area contributed by atoms with E-state index in [1.54, 1.807) is 0 Å². The molecule has 0 fully saturated rings. The van der Waals surface area contributed by atoms with Gasteiger partial charge in [0.1, 0.15) is 0 Å². The first kappa shape index (κ1) is 13.1. The molecule has 1 nitrogen and oxygen atoms in total. The Morgan fingerprint density at radius 1 is 1.36 bits per heavy atom. The average molecular weight is 155 g/mol. The minimum Gasteiger partial charge on any atom is -0.305 e. The van der Waals surface area contributed by atoms with Crippen molar-refractivity contribution in [2.45, 2.75) is 20.8 Å². The first-order valence-corrected chi connectivity index (χ1v) is 4.09. The first-order chi connectivity index (χ1) is 5.16. The van der Waals surface area contributed by atoms with Crippen LogP contribution in [-0.2, 0) is 0 Å². The van der Waals surface area contributed by atoms with E-state index in [0.29, 0.717) is 0 Å². The van der Waals surface area contributed by atoms with Gasteiger partial charge in [0.25, 0.3) is 0 Å². The van der Waals surface area contributed by atoms with Crippen molar-refractivity contribution in [2.75, 3.05) is 20.6 Å². The highest BCUT2D eigenvalue weighted by Crippen LogP contribution is 1.92. The summed E-state index contributed by atoms with van der Waals surface area (Å²) in [5.74, 6) is 0. The molecule has 0 rings (SSSR count). The Balaban J connectivity index is 0. The quantitative estimate of drug-likeness (QED) is 0.566. The summed E-state index contributed by atoms with van der Waals surface area (Å²) in [5, 5.41) is 0. The van der Waals surface area contributed by atoms with Crippen molar-refractivity contribution < 1.29 is 0 Å². The molecule has 0 spiro atoms. The van der Waals surface area contributed by atoms with Crippen molar-refractivity contribution >= 4 is 0 Å². The summed E-state index contributed by atoms with van der Waals surface area (Å²) in [5.41, 5.74) is 1.34. The van der Waals surface area contributed by atoms with Crippen LogP contribution in [0.4, 0.5) is 0 Å². The van der Waals surface area contributed by atoms with Crippen molar-refractivity contribution in [1.82, 2.24) is 4.90 Å². The Morgan fingerprint density at radius 2 is 1.82 bits per heavy atom. The molecule has 0 unspecified atom stereocenters. The number of likely N-dealkylation sites (N-methyl/N-ethyl adjacent to an activating group) is 1. The van der Waals surface area contributed by atoms with Gasteiger partial charge in [-0.3, -0.25) is 0 Å². The zero-order valence-corrected chi connectivity index (χ0v) is 8.52. The van der Waals surface area contributed by atoms with Gasteiger partial charge in [0.15, 0.2) is 0 Å². The molecule has 0 atom stereocenters. The molecule has 0 bridgehead atoms. The molecule has 1 heteroatoms. The molecule has 0 radical (unpaired) electrons. The molecule has 66 valence electrons. The molecule has 0 aliphatic rings. The Labute approximate surface area is 71.4 Å². The van der Waals surface area contributed by atoms with Gasteiger partial charge in [-0.15, -0.1) is 0 Å². The second kappa shape index (κ2) is 9.44. The minimum absolute atomic E-state index is 1.02. The number of nitrogens with zero attached hydrogens (tertiary/aromatic N) is 1. The smallest absolute Gasteiger partial charge is 0.0187 e. The highest BCUT2D eigenvalue weighted by Gasteiger charge is 1.88. The van der Waals surface area contributed by atoms with Crippen LogP contribution in [0, 0.1) is 0 Å². The molecule has 0 amide bonds. The highest BCUT2D eigenvalue weighted by atomic mass is 15.0. The lowest BCUT2D eigenvalue weighted by molar-refractivity contribution is 0.445. The number of hydrogen-bond acceptors (Lipinski definition) is 1. The van der Waals surface area contributed by atoms with Crippen LogP contribution in [0.5, 0.6) is 0 Å². The highest BCUT2D eigenvalue weighted by molar-refractivity contribution is 5.08. The maximum Gasteiger partial charge on any atom is 0.0187 e. The molecule has 0 aromatic heterocycles. The van der Waals surface area contributed by atoms with E-state index in [-0.39, 0.29) is 0 Å². The Morgan fingerprint density at radius 3 is 2.09 bits per heavy atom. The van der Waals surface area contributed by atoms with Crippen LogP contribution in [0.3, 0.4) is 0 Å². The van der Waals surface area contributed by atoms with E-state index in [1.807, 2.05) is 26.0 Å². The zero-order valence-electron chi connectivity index (χ0n) is 8.52. The fourth-order valence-electron chi connectivity index (χ4n) is 0.753. The molecule has 0 aromatic carbocycles. The van der Waals surface area contributed by atoms with Crippen LogP contribution in [0.1, 0.15) is 20.8 Å². The van der Waals surface area contributed by atoms with Gasteiger partial charge in [0.05, 0.1) is 0 Å². The lowest BCUT2D eigenvalue weighted by Crippen LogP contribution is -2.13. The topological polar surface area (TPSA) is 3.24 Å². The van der Waals surface area contributed by atoms with E-state index >= 15 is 0 Å². The van der Waals surface area contributed by atoms with Crippen LogP contribution >= 0.6 is 0 Å². The van der Waals surface area contributed by atoms with Crippen LogP contribution in [0.25, 0.3) is 0 Å². The van der Waals surface area contributed by atoms with Crippen LogP contribution in [-0.4, -0.2) is 25.5 Å². The summed E-state index contributed by atoms with van der Waals surface area (Å²) in [7, 11) is 4.11. The van der Waals surface area contributed by atoms with Crippen molar-refractivity contribution in [3.63, 3.8) is 0 Å². The van der Waals surface area contributed by atoms with Crippen molar-refractivity contribution in [3.8, 4) is 0 Å². The zero-order chi connectivity index (χ0) is 9.28. The van der Waals surface area contributed by atoms with Gasteiger partial charge >= 0.3 is 0 Å². The number of hydrogen-bond donors (Lipinski definition) is 0. The van der Waals surface area contributed by atoms with Gasteiger partial charge in [0, 0.05) is 6.54 Å². The van der Waals surface area contributed by atoms with Crippen LogP contribution in [0.2, 0.25) is 0 Å². The lowest BCUT2D eigenvalue weighted by atomic mass is 10.3. The second-order valence-corrected chi connectivity index (χ2v) is 2.49. The third kappa shape index (κ3) is 12.6. The standard InChI is InChI=1S/C8H15N.C2H6/c1-5-6-8(2)7-9(3)4;1-2/h5-6H,1,7H2,2-4H3;1-2H3/b8-6+;. The normalized spacial score (nSPS) is 10.5. The van der Waals surface area contributed by atoms with Gasteiger partial charge in [0.2, 0.25) is 0 Å². The molecule has 0 N–H and O–H groups in total. The van der Waals surface area contributed by atoms with Gasteiger partial charge in [-0.25, -0.2) is 0 Å². The monoisotopic (exact) mass is 155 g/mol. The lowest BCUT2D eigenvalue weighted by Gasteiger charge is -2.08. The average Bonchev–Trinajstić information content (AvgIpc) is 1.91. The van der Waals surface area contributed by atoms with Crippen molar-refractivity contribution in [2.24, 2.45) is 0 Å². The SMILES string of the molecule is C=C/C=C(\C)CN(C)C.CC. The molecule has 0 aliphatic heterocycles. The molecular weight excluding hydrogens is 134 g/mol. The first-order valence-electron chi connectivity index (χ1n) is 4.09. The van der Waals surface area contributed by atoms with E-state index < -0.39 is 0 Å². The van der Waals surface area contributed by atoms with Crippen molar-refractivity contribution in [1.29, 1.82) is 0 Å². The summed E-state index contributed by atoms with van der Waals surface area (Å²) in [6, 6.07) is 0. The second-order valence-electron chi connectivity index (χ2n) is 2.49. The van der Waals surface area contributed by atoms with Crippen LogP contribution in [0.15, 0.2) is 24.3 Å². The largest absolute Gasteiger partial charge is 0.305 e. The fourth-order valence-corrected chi connectivity index (χ4v) is 0.753. The van der Waals surface area contributed by atoms with E-state index in [9.17, 15) is 0 Å². The third-order valence-electron chi connectivity index (χ3n) is 0.968. The molecule has 0 saturated heterocycles. The maximum absolute atomic E-state index is 3.61. The molecule has 0 saturated carbocycles. The summed E-state index contributed by atoms with van der Waals surface area (Å²) >= 11 is 0. The van der Waals surface area contributed by atoms with Gasteiger partial charge in [-0.2, -0.15) is 0 Å². The summed E-state index contributed by atoms with van der Waals surface area (Å²) < 4.78 is 0. The van der Waals surface area contributed by atoms with E-state index in [4.69, 9.17) is 0 Å². The third-order valence-corrected chi connectivity index (χ3v) is 0.968. The predicted octanol–water partition coefficient (Wildman–Crippen LogP) is 2.71.